The molecule has 0 bridgehead atoms. The number of carbonyl (C=O) groups excluding carboxylic acids is 1. The van der Waals surface area contributed by atoms with Crippen LogP contribution >= 0.6 is 0 Å². The van der Waals surface area contributed by atoms with Gasteiger partial charge in [-0.2, -0.15) is 0 Å². The fourth-order valence-electron chi connectivity index (χ4n) is 3.47. The number of ether oxygens (including phenoxy) is 1. The third-order valence-electron chi connectivity index (χ3n) is 5.27. The molecule has 4 rings (SSSR count). The van der Waals surface area contributed by atoms with Crippen molar-refractivity contribution in [2.24, 2.45) is 10.9 Å². The Bertz CT molecular complexity index is 1240. The molecule has 1 unspecified atom stereocenters. The first-order chi connectivity index (χ1) is 16.5. The minimum absolute atomic E-state index is 0.0165. The quantitative estimate of drug-likeness (QED) is 0.136. The lowest BCUT2D eigenvalue weighted by Crippen LogP contribution is -2.41. The van der Waals surface area contributed by atoms with Crippen molar-refractivity contribution in [1.82, 2.24) is 10.3 Å². The third-order valence-corrected chi connectivity index (χ3v) is 5.27. The van der Waals surface area contributed by atoms with Crippen molar-refractivity contribution in [3.05, 3.63) is 101 Å². The Balaban J connectivity index is 1.52. The standard InChI is InChI=1S/C25H24N4O5/c26-23(29-32)18-12-10-16(11-13-18)14-20(28-25(31)33-15-17-6-2-1-3-7-17)22(30)24-27-19-8-4-5-9-21(19)34-24/h1-13,20,22,30,32H,14-15H2,(H2,26,29)(H,28,31)/t20-,22?/m0/s1. The van der Waals surface area contributed by atoms with Gasteiger partial charge in [-0.1, -0.05) is 71.9 Å². The number of oxime groups is 1. The van der Waals surface area contributed by atoms with E-state index in [2.05, 4.69) is 15.5 Å². The van der Waals surface area contributed by atoms with Crippen LogP contribution in [0, 0.1) is 0 Å². The molecule has 0 spiro atoms. The predicted molar refractivity (Wildman–Crippen MR) is 125 cm³/mol. The van der Waals surface area contributed by atoms with Crippen molar-refractivity contribution in [3.63, 3.8) is 0 Å². The molecule has 34 heavy (non-hydrogen) atoms. The van der Waals surface area contributed by atoms with Crippen molar-refractivity contribution in [2.75, 3.05) is 0 Å². The second kappa shape index (κ2) is 10.5. The summed E-state index contributed by atoms with van der Waals surface area (Å²) in [6.07, 6.45) is -1.67. The molecule has 0 saturated carbocycles. The minimum atomic E-state index is -1.24. The summed E-state index contributed by atoms with van der Waals surface area (Å²) >= 11 is 0. The van der Waals surface area contributed by atoms with E-state index in [1.54, 1.807) is 36.4 Å². The molecule has 0 radical (unpaired) electrons. The molecule has 1 amide bonds. The zero-order valence-electron chi connectivity index (χ0n) is 18.2. The Hall–Kier alpha value is -4.37. The van der Waals surface area contributed by atoms with Crippen molar-refractivity contribution in [3.8, 4) is 0 Å². The molecule has 0 saturated heterocycles. The number of hydrogen-bond acceptors (Lipinski definition) is 7. The minimum Gasteiger partial charge on any atom is -0.445 e. The monoisotopic (exact) mass is 460 g/mol. The van der Waals surface area contributed by atoms with Crippen LogP contribution in [0.25, 0.3) is 11.1 Å². The summed E-state index contributed by atoms with van der Waals surface area (Å²) in [6, 6.07) is 22.5. The van der Waals surface area contributed by atoms with Gasteiger partial charge in [-0.15, -0.1) is 0 Å². The molecule has 9 nitrogen and oxygen atoms in total. The molecule has 9 heteroatoms. The number of nitrogens with one attached hydrogen (secondary N) is 1. The highest BCUT2D eigenvalue weighted by atomic mass is 16.5. The number of oxazole rings is 1. The molecule has 4 aromatic rings. The summed E-state index contributed by atoms with van der Waals surface area (Å²) in [7, 11) is 0. The maximum Gasteiger partial charge on any atom is 0.407 e. The first-order valence-corrected chi connectivity index (χ1v) is 10.6. The Morgan fingerprint density at radius 1 is 1.03 bits per heavy atom. The maximum atomic E-state index is 12.6. The number of nitrogens with two attached hydrogens (primary N) is 1. The molecule has 2 atom stereocenters. The lowest BCUT2D eigenvalue weighted by atomic mass is 10.00. The molecule has 1 aromatic heterocycles. The number of amidine groups is 1. The number of benzene rings is 3. The SMILES string of the molecule is N/C(=N/O)c1ccc(C[C@H](NC(=O)OCc2ccccc2)C(O)c2nc3ccccc3o2)cc1. The van der Waals surface area contributed by atoms with Crippen LogP contribution in [0.5, 0.6) is 0 Å². The highest BCUT2D eigenvalue weighted by Gasteiger charge is 2.28. The van der Waals surface area contributed by atoms with Crippen LogP contribution in [0.3, 0.4) is 0 Å². The first kappa shape index (κ1) is 22.8. The van der Waals surface area contributed by atoms with Gasteiger partial charge in [0.25, 0.3) is 0 Å². The number of aromatic nitrogens is 1. The summed E-state index contributed by atoms with van der Waals surface area (Å²) in [5, 5.41) is 25.6. The number of nitrogens with zero attached hydrogens (tertiary/aromatic N) is 2. The van der Waals surface area contributed by atoms with E-state index in [-0.39, 0.29) is 24.8 Å². The third kappa shape index (κ3) is 5.51. The van der Waals surface area contributed by atoms with Crippen molar-refractivity contribution in [2.45, 2.75) is 25.2 Å². The van der Waals surface area contributed by atoms with Gasteiger partial charge in [-0.05, 0) is 29.7 Å². The molecular formula is C25H24N4O5. The average molecular weight is 460 g/mol. The number of carbonyl (C=O) groups is 1. The van der Waals surface area contributed by atoms with Crippen LogP contribution in [0.4, 0.5) is 4.79 Å². The summed E-state index contributed by atoms with van der Waals surface area (Å²) < 4.78 is 11.0. The number of fused-ring (bicyclic) bond motifs is 1. The van der Waals surface area contributed by atoms with Gasteiger partial charge >= 0.3 is 6.09 Å². The van der Waals surface area contributed by atoms with E-state index in [9.17, 15) is 9.90 Å². The number of aliphatic hydroxyl groups excluding tert-OH is 1. The smallest absolute Gasteiger partial charge is 0.407 e. The molecular weight excluding hydrogens is 436 g/mol. The topological polar surface area (TPSA) is 143 Å². The Morgan fingerprint density at radius 3 is 2.44 bits per heavy atom. The Labute approximate surface area is 195 Å². The molecule has 0 aliphatic carbocycles. The van der Waals surface area contributed by atoms with Gasteiger partial charge in [0.15, 0.2) is 17.5 Å². The first-order valence-electron chi connectivity index (χ1n) is 10.6. The van der Waals surface area contributed by atoms with Crippen LogP contribution in [0.1, 0.15) is 28.7 Å². The largest absolute Gasteiger partial charge is 0.445 e. The summed E-state index contributed by atoms with van der Waals surface area (Å²) in [5.74, 6) is 0.0695. The van der Waals surface area contributed by atoms with E-state index in [1.807, 2.05) is 42.5 Å². The van der Waals surface area contributed by atoms with Crippen LogP contribution in [0.2, 0.25) is 0 Å². The molecule has 0 fully saturated rings. The second-order valence-electron chi connectivity index (χ2n) is 7.66. The van der Waals surface area contributed by atoms with Gasteiger partial charge < -0.3 is 30.5 Å². The van der Waals surface area contributed by atoms with Gasteiger partial charge in [0.1, 0.15) is 12.1 Å². The normalized spacial score (nSPS) is 13.4. The van der Waals surface area contributed by atoms with Gasteiger partial charge in [0.05, 0.1) is 6.04 Å². The fraction of sp³-hybridized carbons (Fsp3) is 0.160. The lowest BCUT2D eigenvalue weighted by molar-refractivity contribution is 0.0862. The number of rotatable bonds is 8. The van der Waals surface area contributed by atoms with E-state index in [1.165, 1.54) is 0 Å². The summed E-state index contributed by atoms with van der Waals surface area (Å²) in [5.41, 5.74) is 8.92. The van der Waals surface area contributed by atoms with E-state index in [0.717, 1.165) is 11.1 Å². The molecule has 0 aliphatic heterocycles. The van der Waals surface area contributed by atoms with Crippen molar-refractivity contribution in [1.29, 1.82) is 0 Å². The number of alkyl carbamates (subject to hydrolysis) is 1. The molecule has 1 heterocycles. The number of hydrogen-bond donors (Lipinski definition) is 4. The second-order valence-corrected chi connectivity index (χ2v) is 7.66. The van der Waals surface area contributed by atoms with E-state index in [4.69, 9.17) is 20.1 Å². The molecule has 3 aromatic carbocycles. The van der Waals surface area contributed by atoms with Crippen molar-refractivity contribution >= 4 is 23.0 Å². The zero-order valence-corrected chi connectivity index (χ0v) is 18.2. The van der Waals surface area contributed by atoms with Gasteiger partial charge in [-0.25, -0.2) is 9.78 Å². The lowest BCUT2D eigenvalue weighted by Gasteiger charge is -2.22. The van der Waals surface area contributed by atoms with Gasteiger partial charge in [-0.3, -0.25) is 0 Å². The van der Waals surface area contributed by atoms with Crippen LogP contribution in [-0.4, -0.2) is 33.3 Å². The summed E-state index contributed by atoms with van der Waals surface area (Å²) in [6.45, 7) is 0.0901. The molecule has 5 N–H and O–H groups in total. The number of amides is 1. The van der Waals surface area contributed by atoms with Gasteiger partial charge in [0, 0.05) is 5.56 Å². The zero-order chi connectivity index (χ0) is 23.9. The van der Waals surface area contributed by atoms with Crippen molar-refractivity contribution < 1.29 is 24.3 Å². The van der Waals surface area contributed by atoms with E-state index < -0.39 is 18.2 Å². The fourth-order valence-corrected chi connectivity index (χ4v) is 3.47. The summed E-state index contributed by atoms with van der Waals surface area (Å²) in [4.78, 5) is 16.9. The van der Waals surface area contributed by atoms with Crippen LogP contribution in [0.15, 0.2) is 88.4 Å². The highest BCUT2D eigenvalue weighted by molar-refractivity contribution is 5.96. The number of aliphatic hydroxyl groups is 1. The average Bonchev–Trinajstić information content (AvgIpc) is 3.31. The number of para-hydroxylation sites is 2. The Kier molecular flexibility index (Phi) is 7.04. The van der Waals surface area contributed by atoms with E-state index in [0.29, 0.717) is 16.7 Å². The highest BCUT2D eigenvalue weighted by Crippen LogP contribution is 2.24. The maximum absolute atomic E-state index is 12.6. The van der Waals surface area contributed by atoms with Crippen LogP contribution < -0.4 is 11.1 Å². The molecule has 174 valence electrons. The Morgan fingerprint density at radius 2 is 1.74 bits per heavy atom. The van der Waals surface area contributed by atoms with Gasteiger partial charge in [0.2, 0.25) is 5.89 Å². The molecule has 0 aliphatic rings. The van der Waals surface area contributed by atoms with Crippen LogP contribution in [-0.2, 0) is 17.8 Å². The van der Waals surface area contributed by atoms with E-state index >= 15 is 0 Å². The predicted octanol–water partition coefficient (Wildman–Crippen LogP) is 3.49.